The van der Waals surface area contributed by atoms with E-state index in [2.05, 4.69) is 57.4 Å². The molecule has 2 aromatic heterocycles. The summed E-state index contributed by atoms with van der Waals surface area (Å²) in [5.74, 6) is 1.62. The van der Waals surface area contributed by atoms with Crippen LogP contribution in [0.4, 0.5) is 0 Å². The minimum atomic E-state index is 0.364. The average molecular weight is 459 g/mol. The quantitative estimate of drug-likeness (QED) is 0.506. The lowest BCUT2D eigenvalue weighted by atomic mass is 9.88. The number of fused-ring (bicyclic) bond motifs is 1. The Morgan fingerprint density at radius 1 is 1.09 bits per heavy atom. The Labute approximate surface area is 203 Å². The molecule has 2 N–H and O–H groups in total. The number of pyridine rings is 1. The summed E-state index contributed by atoms with van der Waals surface area (Å²) < 4.78 is 0. The Balaban J connectivity index is 1.25. The number of aryl methyl sites for hydroxylation is 2. The van der Waals surface area contributed by atoms with Gasteiger partial charge in [-0.05, 0) is 106 Å². The first-order valence-electron chi connectivity index (χ1n) is 13.2. The molecule has 3 aromatic rings. The summed E-state index contributed by atoms with van der Waals surface area (Å²) in [6.07, 6.45) is 9.23. The topological polar surface area (TPSA) is 61.0 Å². The summed E-state index contributed by atoms with van der Waals surface area (Å²) >= 11 is 0. The van der Waals surface area contributed by atoms with E-state index in [-0.39, 0.29) is 0 Å². The van der Waals surface area contributed by atoms with Crippen LogP contribution in [-0.2, 0) is 11.2 Å². The molecular weight excluding hydrogens is 420 g/mol. The first-order chi connectivity index (χ1) is 16.6. The molecule has 0 saturated carbocycles. The van der Waals surface area contributed by atoms with Crippen LogP contribution in [0.1, 0.15) is 68.2 Å². The number of aromatic amines is 1. The smallest absolute Gasteiger partial charge is 0.222 e. The van der Waals surface area contributed by atoms with Crippen molar-refractivity contribution in [1.82, 2.24) is 20.2 Å². The van der Waals surface area contributed by atoms with E-state index in [9.17, 15) is 4.79 Å². The lowest BCUT2D eigenvalue weighted by Gasteiger charge is -2.33. The van der Waals surface area contributed by atoms with E-state index in [1.165, 1.54) is 46.1 Å². The predicted molar refractivity (Wildman–Crippen MR) is 139 cm³/mol. The van der Waals surface area contributed by atoms with Crippen LogP contribution in [0.15, 0.2) is 36.5 Å². The van der Waals surface area contributed by atoms with E-state index in [0.29, 0.717) is 11.8 Å². The first-order valence-corrected chi connectivity index (χ1v) is 13.2. The van der Waals surface area contributed by atoms with E-state index in [0.717, 1.165) is 69.9 Å². The average Bonchev–Trinajstić information content (AvgIpc) is 3.26. The number of nitrogens with zero attached hydrogens (tertiary/aromatic N) is 2. The minimum Gasteiger partial charge on any atom is -0.354 e. The second-order valence-corrected chi connectivity index (χ2v) is 10.2. The van der Waals surface area contributed by atoms with Crippen LogP contribution >= 0.6 is 0 Å². The predicted octanol–water partition coefficient (Wildman–Crippen LogP) is 5.59. The lowest BCUT2D eigenvalue weighted by molar-refractivity contribution is -0.132. The molecule has 5 heteroatoms. The Bertz CT molecular complexity index is 1140. The van der Waals surface area contributed by atoms with Gasteiger partial charge in [0.05, 0.1) is 0 Å². The molecule has 5 rings (SSSR count). The zero-order valence-corrected chi connectivity index (χ0v) is 20.7. The van der Waals surface area contributed by atoms with Gasteiger partial charge in [-0.1, -0.05) is 13.0 Å². The molecule has 2 aliphatic rings. The van der Waals surface area contributed by atoms with Crippen molar-refractivity contribution in [3.63, 3.8) is 0 Å². The summed E-state index contributed by atoms with van der Waals surface area (Å²) in [5.41, 5.74) is 7.47. The number of H-pyrrole nitrogens is 1. The van der Waals surface area contributed by atoms with Crippen LogP contribution in [0.25, 0.3) is 22.2 Å². The number of rotatable bonds is 6. The second-order valence-electron chi connectivity index (χ2n) is 10.2. The number of piperidine rings is 2. The summed E-state index contributed by atoms with van der Waals surface area (Å²) in [7, 11) is 0. The minimum absolute atomic E-state index is 0.364. The maximum absolute atomic E-state index is 12.8. The van der Waals surface area contributed by atoms with Gasteiger partial charge in [-0.25, -0.2) is 0 Å². The SMILES string of the molecule is CCc1c(-c2ccnc(C)c2)[nH]c2ccc(C3CCN(C(=O)CCC4CCNCC4)CC3)cc12. The zero-order valence-electron chi connectivity index (χ0n) is 20.7. The maximum Gasteiger partial charge on any atom is 0.222 e. The molecule has 0 radical (unpaired) electrons. The van der Waals surface area contributed by atoms with Gasteiger partial charge in [0.2, 0.25) is 5.91 Å². The number of amides is 1. The van der Waals surface area contributed by atoms with Crippen molar-refractivity contribution in [3.8, 4) is 11.3 Å². The van der Waals surface area contributed by atoms with Crippen LogP contribution in [0, 0.1) is 12.8 Å². The number of benzene rings is 1. The largest absolute Gasteiger partial charge is 0.354 e. The molecule has 2 aliphatic heterocycles. The Kier molecular flexibility index (Phi) is 7.00. The van der Waals surface area contributed by atoms with E-state index >= 15 is 0 Å². The molecule has 1 amide bonds. The third kappa shape index (κ3) is 4.90. The molecule has 0 aliphatic carbocycles. The number of hydrogen-bond donors (Lipinski definition) is 2. The molecular formula is C29H38N4O. The van der Waals surface area contributed by atoms with Gasteiger partial charge < -0.3 is 15.2 Å². The lowest BCUT2D eigenvalue weighted by Crippen LogP contribution is -2.38. The van der Waals surface area contributed by atoms with Crippen molar-refractivity contribution in [3.05, 3.63) is 53.3 Å². The van der Waals surface area contributed by atoms with Crippen molar-refractivity contribution in [2.24, 2.45) is 5.92 Å². The number of nitrogens with one attached hydrogen (secondary N) is 2. The van der Waals surface area contributed by atoms with E-state index in [1.54, 1.807) is 0 Å². The summed E-state index contributed by atoms with van der Waals surface area (Å²) in [6, 6.07) is 11.2. The number of carbonyl (C=O) groups excluding carboxylic acids is 1. The fraction of sp³-hybridized carbons (Fsp3) is 0.517. The van der Waals surface area contributed by atoms with Crippen molar-refractivity contribution in [1.29, 1.82) is 0 Å². The molecule has 180 valence electrons. The number of carbonyl (C=O) groups is 1. The van der Waals surface area contributed by atoms with Gasteiger partial charge in [0.1, 0.15) is 0 Å². The Hall–Kier alpha value is -2.66. The van der Waals surface area contributed by atoms with Crippen molar-refractivity contribution in [2.45, 2.75) is 64.7 Å². The van der Waals surface area contributed by atoms with Crippen molar-refractivity contribution < 1.29 is 4.79 Å². The number of hydrogen-bond acceptors (Lipinski definition) is 3. The molecule has 4 heterocycles. The van der Waals surface area contributed by atoms with Gasteiger partial charge in [-0.2, -0.15) is 0 Å². The van der Waals surface area contributed by atoms with Crippen LogP contribution in [-0.4, -0.2) is 47.0 Å². The third-order valence-electron chi connectivity index (χ3n) is 8.01. The highest BCUT2D eigenvalue weighted by Crippen LogP contribution is 2.35. The van der Waals surface area contributed by atoms with Crippen LogP contribution in [0.2, 0.25) is 0 Å². The number of aromatic nitrogens is 2. The monoisotopic (exact) mass is 458 g/mol. The highest BCUT2D eigenvalue weighted by molar-refractivity contribution is 5.91. The fourth-order valence-electron chi connectivity index (χ4n) is 5.95. The fourth-order valence-corrected chi connectivity index (χ4v) is 5.95. The van der Waals surface area contributed by atoms with Crippen LogP contribution in [0.5, 0.6) is 0 Å². The normalized spacial score (nSPS) is 18.0. The van der Waals surface area contributed by atoms with E-state index in [1.807, 2.05) is 13.1 Å². The van der Waals surface area contributed by atoms with Gasteiger partial charge in [-0.15, -0.1) is 0 Å². The standard InChI is InChI=1S/C29H38N4O/c1-3-25-26-19-23(5-6-27(26)32-29(25)24-10-15-31-20(2)18-24)22-11-16-33(17-12-22)28(34)7-4-21-8-13-30-14-9-21/h5-6,10,15,18-19,21-22,30,32H,3-4,7-9,11-14,16-17H2,1-2H3. The van der Waals surface area contributed by atoms with Gasteiger partial charge >= 0.3 is 0 Å². The van der Waals surface area contributed by atoms with Crippen molar-refractivity contribution >= 4 is 16.8 Å². The first kappa shape index (κ1) is 23.1. The van der Waals surface area contributed by atoms with E-state index < -0.39 is 0 Å². The highest BCUT2D eigenvalue weighted by Gasteiger charge is 2.25. The highest BCUT2D eigenvalue weighted by atomic mass is 16.2. The molecule has 34 heavy (non-hydrogen) atoms. The summed E-state index contributed by atoms with van der Waals surface area (Å²) in [6.45, 7) is 8.28. The molecule has 0 atom stereocenters. The number of likely N-dealkylation sites (tertiary alicyclic amines) is 1. The molecule has 0 bridgehead atoms. The Morgan fingerprint density at radius 2 is 1.88 bits per heavy atom. The van der Waals surface area contributed by atoms with Gasteiger partial charge in [-0.3, -0.25) is 9.78 Å². The molecule has 0 unspecified atom stereocenters. The van der Waals surface area contributed by atoms with Crippen LogP contribution < -0.4 is 5.32 Å². The molecule has 1 aromatic carbocycles. The molecule has 0 spiro atoms. The zero-order chi connectivity index (χ0) is 23.5. The molecule has 2 saturated heterocycles. The van der Waals surface area contributed by atoms with Crippen LogP contribution in [0.3, 0.4) is 0 Å². The maximum atomic E-state index is 12.8. The van der Waals surface area contributed by atoms with Gasteiger partial charge in [0, 0.05) is 53.6 Å². The van der Waals surface area contributed by atoms with E-state index in [4.69, 9.17) is 0 Å². The van der Waals surface area contributed by atoms with Gasteiger partial charge in [0.25, 0.3) is 0 Å². The Morgan fingerprint density at radius 3 is 2.62 bits per heavy atom. The van der Waals surface area contributed by atoms with Gasteiger partial charge in [0.15, 0.2) is 0 Å². The second kappa shape index (κ2) is 10.3. The summed E-state index contributed by atoms with van der Waals surface area (Å²) in [5, 5.41) is 4.75. The summed E-state index contributed by atoms with van der Waals surface area (Å²) in [4.78, 5) is 23.0. The molecule has 5 nitrogen and oxygen atoms in total. The molecule has 2 fully saturated rings. The van der Waals surface area contributed by atoms with Crippen molar-refractivity contribution in [2.75, 3.05) is 26.2 Å². The third-order valence-corrected chi connectivity index (χ3v) is 8.01.